The minimum absolute atomic E-state index is 0.153. The lowest BCUT2D eigenvalue weighted by Crippen LogP contribution is -2.03. The Kier molecular flexibility index (Phi) is 3.13. The topological polar surface area (TPSA) is 77.8 Å². The molecule has 106 valence electrons. The molecule has 3 rings (SSSR count). The summed E-state index contributed by atoms with van der Waals surface area (Å²) >= 11 is 0. The summed E-state index contributed by atoms with van der Waals surface area (Å²) in [6.45, 7) is 0. The van der Waals surface area contributed by atoms with E-state index in [0.29, 0.717) is 23.0 Å². The second kappa shape index (κ2) is 4.97. The van der Waals surface area contributed by atoms with Crippen LogP contribution >= 0.6 is 0 Å². The number of benzene rings is 2. The molecule has 4 N–H and O–H groups in total. The van der Waals surface area contributed by atoms with E-state index in [1.807, 2.05) is 12.1 Å². The molecular weight excluding hydrogens is 274 g/mol. The van der Waals surface area contributed by atoms with Crippen LogP contribution in [0, 0.1) is 11.6 Å². The summed E-state index contributed by atoms with van der Waals surface area (Å²) in [6, 6.07) is 9.23. The SMILES string of the molecule is Nc1nc2cccc(Cc3ccc(F)c(F)c3)c2nc1N. The molecule has 0 atom stereocenters. The van der Waals surface area contributed by atoms with Crippen molar-refractivity contribution >= 4 is 22.7 Å². The molecule has 0 unspecified atom stereocenters. The normalized spacial score (nSPS) is 11.0. The second-order valence-electron chi connectivity index (χ2n) is 4.70. The van der Waals surface area contributed by atoms with E-state index in [-0.39, 0.29) is 11.6 Å². The van der Waals surface area contributed by atoms with Gasteiger partial charge in [0.05, 0.1) is 11.0 Å². The minimum atomic E-state index is -0.873. The van der Waals surface area contributed by atoms with Gasteiger partial charge in [-0.15, -0.1) is 0 Å². The van der Waals surface area contributed by atoms with Crippen molar-refractivity contribution in [1.82, 2.24) is 9.97 Å². The maximum absolute atomic E-state index is 13.3. The van der Waals surface area contributed by atoms with E-state index in [2.05, 4.69) is 9.97 Å². The van der Waals surface area contributed by atoms with Crippen LogP contribution in [-0.2, 0) is 6.42 Å². The molecule has 0 aliphatic carbocycles. The molecule has 0 fully saturated rings. The van der Waals surface area contributed by atoms with Gasteiger partial charge in [-0.3, -0.25) is 0 Å². The molecule has 0 amide bonds. The van der Waals surface area contributed by atoms with Crippen LogP contribution in [-0.4, -0.2) is 9.97 Å². The van der Waals surface area contributed by atoms with E-state index >= 15 is 0 Å². The van der Waals surface area contributed by atoms with Crippen LogP contribution in [0.2, 0.25) is 0 Å². The average Bonchev–Trinajstić information content (AvgIpc) is 2.45. The zero-order valence-electron chi connectivity index (χ0n) is 11.0. The summed E-state index contributed by atoms with van der Waals surface area (Å²) in [7, 11) is 0. The highest BCUT2D eigenvalue weighted by atomic mass is 19.2. The summed E-state index contributed by atoms with van der Waals surface area (Å²) < 4.78 is 26.2. The van der Waals surface area contributed by atoms with Crippen LogP contribution in [0.4, 0.5) is 20.4 Å². The second-order valence-corrected chi connectivity index (χ2v) is 4.70. The fourth-order valence-corrected chi connectivity index (χ4v) is 2.17. The molecule has 0 spiro atoms. The number of nitrogens with two attached hydrogens (primary N) is 2. The Morgan fingerprint density at radius 3 is 2.43 bits per heavy atom. The van der Waals surface area contributed by atoms with Crippen molar-refractivity contribution in [2.45, 2.75) is 6.42 Å². The Bertz CT molecular complexity index is 833. The van der Waals surface area contributed by atoms with Gasteiger partial charge in [-0.25, -0.2) is 18.7 Å². The highest BCUT2D eigenvalue weighted by Gasteiger charge is 2.09. The van der Waals surface area contributed by atoms with Crippen LogP contribution in [0.5, 0.6) is 0 Å². The smallest absolute Gasteiger partial charge is 0.166 e. The van der Waals surface area contributed by atoms with Crippen molar-refractivity contribution in [2.24, 2.45) is 0 Å². The summed E-state index contributed by atoms with van der Waals surface area (Å²) in [5.74, 6) is -1.41. The third kappa shape index (κ3) is 2.47. The zero-order chi connectivity index (χ0) is 15.0. The first-order valence-electron chi connectivity index (χ1n) is 6.29. The number of fused-ring (bicyclic) bond motifs is 1. The highest BCUT2D eigenvalue weighted by molar-refractivity contribution is 5.82. The average molecular weight is 286 g/mol. The Balaban J connectivity index is 2.07. The standard InChI is InChI=1S/C15H12F2N4/c16-10-5-4-8(7-11(10)17)6-9-2-1-3-12-13(9)21-15(19)14(18)20-12/h1-5,7H,6H2,(H2,18,20)(H2,19,21). The Morgan fingerprint density at radius 2 is 1.67 bits per heavy atom. The van der Waals surface area contributed by atoms with Crippen LogP contribution in [0.25, 0.3) is 11.0 Å². The van der Waals surface area contributed by atoms with Crippen molar-refractivity contribution in [3.63, 3.8) is 0 Å². The minimum Gasteiger partial charge on any atom is -0.381 e. The molecule has 1 aromatic heterocycles. The Labute approximate surface area is 119 Å². The molecule has 0 saturated heterocycles. The quantitative estimate of drug-likeness (QED) is 0.759. The maximum atomic E-state index is 13.3. The van der Waals surface area contributed by atoms with Gasteiger partial charge in [-0.2, -0.15) is 0 Å². The van der Waals surface area contributed by atoms with Crippen LogP contribution < -0.4 is 11.5 Å². The first-order chi connectivity index (χ1) is 10.0. The summed E-state index contributed by atoms with van der Waals surface area (Å²) in [5, 5.41) is 0. The Morgan fingerprint density at radius 1 is 0.905 bits per heavy atom. The van der Waals surface area contributed by atoms with E-state index in [9.17, 15) is 8.78 Å². The van der Waals surface area contributed by atoms with Crippen molar-refractivity contribution < 1.29 is 8.78 Å². The molecule has 0 saturated carbocycles. The monoisotopic (exact) mass is 286 g/mol. The molecule has 1 heterocycles. The van der Waals surface area contributed by atoms with E-state index in [1.54, 1.807) is 6.07 Å². The predicted octanol–water partition coefficient (Wildman–Crippen LogP) is 2.66. The summed E-state index contributed by atoms with van der Waals surface area (Å²) in [6.07, 6.45) is 0.395. The number of para-hydroxylation sites is 1. The van der Waals surface area contributed by atoms with E-state index in [0.717, 1.165) is 11.6 Å². The molecule has 4 nitrogen and oxygen atoms in total. The van der Waals surface area contributed by atoms with Crippen LogP contribution in [0.3, 0.4) is 0 Å². The van der Waals surface area contributed by atoms with Crippen LogP contribution in [0.15, 0.2) is 36.4 Å². The fourth-order valence-electron chi connectivity index (χ4n) is 2.17. The molecule has 0 aliphatic rings. The Hall–Kier alpha value is -2.76. The van der Waals surface area contributed by atoms with Gasteiger partial charge in [-0.05, 0) is 35.7 Å². The van der Waals surface area contributed by atoms with Gasteiger partial charge in [0.1, 0.15) is 0 Å². The molecule has 2 aromatic carbocycles. The number of halogens is 2. The fraction of sp³-hybridized carbons (Fsp3) is 0.0667. The van der Waals surface area contributed by atoms with E-state index in [1.165, 1.54) is 12.1 Å². The van der Waals surface area contributed by atoms with Gasteiger partial charge in [0.2, 0.25) is 0 Å². The molecular formula is C15H12F2N4. The zero-order valence-corrected chi connectivity index (χ0v) is 11.0. The lowest BCUT2D eigenvalue weighted by molar-refractivity contribution is 0.507. The molecule has 3 aromatic rings. The lowest BCUT2D eigenvalue weighted by Gasteiger charge is -2.08. The third-order valence-corrected chi connectivity index (χ3v) is 3.21. The number of nitrogen functional groups attached to an aromatic ring is 2. The number of hydrogen-bond acceptors (Lipinski definition) is 4. The molecule has 0 bridgehead atoms. The molecule has 0 radical (unpaired) electrons. The van der Waals surface area contributed by atoms with Gasteiger partial charge in [0, 0.05) is 0 Å². The molecule has 0 aliphatic heterocycles. The first-order valence-corrected chi connectivity index (χ1v) is 6.29. The van der Waals surface area contributed by atoms with E-state index < -0.39 is 11.6 Å². The maximum Gasteiger partial charge on any atom is 0.166 e. The van der Waals surface area contributed by atoms with Crippen LogP contribution in [0.1, 0.15) is 11.1 Å². The van der Waals surface area contributed by atoms with Crippen molar-refractivity contribution in [3.05, 3.63) is 59.2 Å². The predicted molar refractivity (Wildman–Crippen MR) is 77.5 cm³/mol. The highest BCUT2D eigenvalue weighted by Crippen LogP contribution is 2.22. The number of anilines is 2. The van der Waals surface area contributed by atoms with Crippen molar-refractivity contribution in [3.8, 4) is 0 Å². The molecule has 21 heavy (non-hydrogen) atoms. The lowest BCUT2D eigenvalue weighted by atomic mass is 10.0. The van der Waals surface area contributed by atoms with Gasteiger partial charge in [0.25, 0.3) is 0 Å². The number of rotatable bonds is 2. The van der Waals surface area contributed by atoms with Gasteiger partial charge < -0.3 is 11.5 Å². The van der Waals surface area contributed by atoms with Gasteiger partial charge in [0.15, 0.2) is 23.3 Å². The number of nitrogens with zero attached hydrogens (tertiary/aromatic N) is 2. The molecule has 6 heteroatoms. The number of aromatic nitrogens is 2. The van der Waals surface area contributed by atoms with E-state index in [4.69, 9.17) is 11.5 Å². The van der Waals surface area contributed by atoms with Crippen molar-refractivity contribution in [1.29, 1.82) is 0 Å². The largest absolute Gasteiger partial charge is 0.381 e. The van der Waals surface area contributed by atoms with Gasteiger partial charge in [-0.1, -0.05) is 18.2 Å². The third-order valence-electron chi connectivity index (χ3n) is 3.21. The number of hydrogen-bond donors (Lipinski definition) is 2. The van der Waals surface area contributed by atoms with Gasteiger partial charge >= 0.3 is 0 Å². The van der Waals surface area contributed by atoms with Crippen molar-refractivity contribution in [2.75, 3.05) is 11.5 Å². The summed E-state index contributed by atoms with van der Waals surface area (Å²) in [4.78, 5) is 8.40. The first kappa shape index (κ1) is 13.2. The summed E-state index contributed by atoms with van der Waals surface area (Å²) in [5.41, 5.74) is 14.0.